The van der Waals surface area contributed by atoms with Crippen molar-refractivity contribution in [2.75, 3.05) is 18.0 Å². The first kappa shape index (κ1) is 19.2. The number of hydrogen-bond donors (Lipinski definition) is 1. The number of fused-ring (bicyclic) bond motifs is 1. The highest BCUT2D eigenvalue weighted by molar-refractivity contribution is 7.91. The number of aryl methyl sites for hydroxylation is 1. The number of rotatable bonds is 7. The molecule has 0 aliphatic carbocycles. The van der Waals surface area contributed by atoms with Crippen molar-refractivity contribution >= 4 is 27.0 Å². The number of nitrogens with one attached hydrogen (secondary N) is 1. The van der Waals surface area contributed by atoms with Gasteiger partial charge in [0.2, 0.25) is 10.0 Å². The van der Waals surface area contributed by atoms with Gasteiger partial charge in [-0.05, 0) is 59.5 Å². The Labute approximate surface area is 170 Å². The Morgan fingerprint density at radius 1 is 0.964 bits per heavy atom. The molecule has 0 fully saturated rings. The largest absolute Gasteiger partial charge is 0.367 e. The molecule has 0 atom stereocenters. The predicted octanol–water partition coefficient (Wildman–Crippen LogP) is 4.22. The van der Waals surface area contributed by atoms with E-state index in [4.69, 9.17) is 0 Å². The van der Waals surface area contributed by atoms with Crippen LogP contribution in [0, 0.1) is 0 Å². The van der Waals surface area contributed by atoms with Crippen LogP contribution in [-0.2, 0) is 29.4 Å². The maximum absolute atomic E-state index is 12.1. The van der Waals surface area contributed by atoms with Crippen molar-refractivity contribution in [2.45, 2.75) is 30.0 Å². The van der Waals surface area contributed by atoms with E-state index in [9.17, 15) is 8.42 Å². The summed E-state index contributed by atoms with van der Waals surface area (Å²) in [4.78, 5) is 2.42. The first-order valence-electron chi connectivity index (χ1n) is 9.56. The summed E-state index contributed by atoms with van der Waals surface area (Å²) in [5.74, 6) is 0. The van der Waals surface area contributed by atoms with Crippen LogP contribution in [0.4, 0.5) is 5.69 Å². The fraction of sp³-hybridized carbons (Fsp3) is 0.273. The molecule has 4 rings (SSSR count). The van der Waals surface area contributed by atoms with Crippen LogP contribution in [-0.4, -0.2) is 21.5 Å². The quantitative estimate of drug-likeness (QED) is 0.591. The Balaban J connectivity index is 1.28. The molecule has 4 nitrogen and oxygen atoms in total. The molecule has 0 bridgehead atoms. The molecule has 2 aromatic carbocycles. The molecule has 146 valence electrons. The highest BCUT2D eigenvalue weighted by Crippen LogP contribution is 2.25. The van der Waals surface area contributed by atoms with Crippen LogP contribution in [0.2, 0.25) is 0 Å². The number of thiophene rings is 1. The Hall–Kier alpha value is -2.15. The molecule has 6 heteroatoms. The summed E-state index contributed by atoms with van der Waals surface area (Å²) < 4.78 is 27.3. The van der Waals surface area contributed by atoms with E-state index in [1.807, 2.05) is 0 Å². The van der Waals surface area contributed by atoms with Gasteiger partial charge in [-0.1, -0.05) is 42.5 Å². The van der Waals surface area contributed by atoms with Gasteiger partial charge in [-0.25, -0.2) is 13.1 Å². The molecule has 3 aromatic rings. The van der Waals surface area contributed by atoms with E-state index < -0.39 is 10.0 Å². The third-order valence-corrected chi connectivity index (χ3v) is 7.98. The number of nitrogens with zero attached hydrogens (tertiary/aromatic N) is 1. The zero-order chi connectivity index (χ0) is 19.4. The Morgan fingerprint density at radius 3 is 2.50 bits per heavy atom. The van der Waals surface area contributed by atoms with Crippen LogP contribution < -0.4 is 9.62 Å². The number of hydrogen-bond acceptors (Lipinski definition) is 4. The lowest BCUT2D eigenvalue weighted by molar-refractivity contribution is 0.581. The lowest BCUT2D eigenvalue weighted by Crippen LogP contribution is -2.30. The van der Waals surface area contributed by atoms with E-state index in [1.54, 1.807) is 17.5 Å². The van der Waals surface area contributed by atoms with Gasteiger partial charge in [-0.15, -0.1) is 11.3 Å². The van der Waals surface area contributed by atoms with Crippen LogP contribution in [0.3, 0.4) is 0 Å². The summed E-state index contributed by atoms with van der Waals surface area (Å²) >= 11 is 1.24. The molecule has 0 saturated heterocycles. The van der Waals surface area contributed by atoms with Crippen molar-refractivity contribution in [3.05, 3.63) is 82.7 Å². The zero-order valence-corrected chi connectivity index (χ0v) is 17.3. The average molecular weight is 413 g/mol. The van der Waals surface area contributed by atoms with Crippen molar-refractivity contribution in [3.8, 4) is 0 Å². The van der Waals surface area contributed by atoms with Crippen molar-refractivity contribution in [2.24, 2.45) is 0 Å². The molecule has 0 spiro atoms. The van der Waals surface area contributed by atoms with Gasteiger partial charge in [0.25, 0.3) is 0 Å². The molecule has 0 saturated carbocycles. The van der Waals surface area contributed by atoms with Crippen LogP contribution in [0.25, 0.3) is 0 Å². The number of sulfonamides is 1. The second kappa shape index (κ2) is 8.47. The number of benzene rings is 2. The standard InChI is InChI=1S/C22H24N2O2S2/c25-28(26,22-8-4-16-27-22)23-14-3-5-18-9-11-21(12-10-18)24-15-13-19-6-1-2-7-20(19)17-24/h1-2,4,6-12,16,23H,3,5,13-15,17H2. The average Bonchev–Trinajstić information content (AvgIpc) is 3.27. The Bertz CT molecular complexity index is 1010. The zero-order valence-electron chi connectivity index (χ0n) is 15.7. The molecule has 1 aromatic heterocycles. The van der Waals surface area contributed by atoms with Crippen molar-refractivity contribution in [3.63, 3.8) is 0 Å². The third-order valence-electron chi connectivity index (χ3n) is 5.13. The minimum absolute atomic E-state index is 0.375. The van der Waals surface area contributed by atoms with Crippen molar-refractivity contribution < 1.29 is 8.42 Å². The van der Waals surface area contributed by atoms with Gasteiger partial charge in [0.15, 0.2) is 0 Å². The molecule has 1 aliphatic rings. The van der Waals surface area contributed by atoms with Gasteiger partial charge < -0.3 is 4.90 Å². The second-order valence-electron chi connectivity index (χ2n) is 7.04. The van der Waals surface area contributed by atoms with Crippen LogP contribution in [0.5, 0.6) is 0 Å². The predicted molar refractivity (Wildman–Crippen MR) is 115 cm³/mol. The van der Waals surface area contributed by atoms with E-state index in [0.717, 1.165) is 32.4 Å². The SMILES string of the molecule is O=S(=O)(NCCCc1ccc(N2CCc3ccccc3C2)cc1)c1cccs1. The summed E-state index contributed by atoms with van der Waals surface area (Å²) in [6.45, 7) is 2.45. The first-order valence-corrected chi connectivity index (χ1v) is 11.9. The lowest BCUT2D eigenvalue weighted by Gasteiger charge is -2.30. The van der Waals surface area contributed by atoms with Gasteiger partial charge in [-0.2, -0.15) is 0 Å². The van der Waals surface area contributed by atoms with Gasteiger partial charge >= 0.3 is 0 Å². The van der Waals surface area contributed by atoms with Crippen LogP contribution >= 0.6 is 11.3 Å². The summed E-state index contributed by atoms with van der Waals surface area (Å²) in [7, 11) is -3.36. The normalized spacial score (nSPS) is 14.1. The van der Waals surface area contributed by atoms with E-state index in [2.05, 4.69) is 58.2 Å². The minimum Gasteiger partial charge on any atom is -0.367 e. The van der Waals surface area contributed by atoms with Gasteiger partial charge in [0.05, 0.1) is 0 Å². The lowest BCUT2D eigenvalue weighted by atomic mass is 9.99. The summed E-state index contributed by atoms with van der Waals surface area (Å²) in [5.41, 5.74) is 5.35. The Kier molecular flexibility index (Phi) is 5.80. The van der Waals surface area contributed by atoms with Gasteiger partial charge in [0, 0.05) is 25.3 Å². The van der Waals surface area contributed by atoms with Gasteiger partial charge in [-0.3, -0.25) is 0 Å². The Morgan fingerprint density at radius 2 is 1.75 bits per heavy atom. The van der Waals surface area contributed by atoms with Crippen LogP contribution in [0.1, 0.15) is 23.1 Å². The maximum Gasteiger partial charge on any atom is 0.250 e. The minimum atomic E-state index is -3.36. The number of anilines is 1. The van der Waals surface area contributed by atoms with Crippen LogP contribution in [0.15, 0.2) is 70.3 Å². The molecule has 0 amide bonds. The van der Waals surface area contributed by atoms with Crippen molar-refractivity contribution in [1.82, 2.24) is 4.72 Å². The van der Waals surface area contributed by atoms with E-state index >= 15 is 0 Å². The molecule has 2 heterocycles. The molecule has 1 N–H and O–H groups in total. The van der Waals surface area contributed by atoms with E-state index in [-0.39, 0.29) is 0 Å². The van der Waals surface area contributed by atoms with Crippen molar-refractivity contribution in [1.29, 1.82) is 0 Å². The maximum atomic E-state index is 12.1. The highest BCUT2D eigenvalue weighted by atomic mass is 32.2. The monoisotopic (exact) mass is 412 g/mol. The summed E-state index contributed by atoms with van der Waals surface area (Å²) in [6.07, 6.45) is 2.72. The molecular formula is C22H24N2O2S2. The van der Waals surface area contributed by atoms with Gasteiger partial charge in [0.1, 0.15) is 4.21 Å². The smallest absolute Gasteiger partial charge is 0.250 e. The topological polar surface area (TPSA) is 49.4 Å². The molecule has 1 aliphatic heterocycles. The molecule has 28 heavy (non-hydrogen) atoms. The van der Waals surface area contributed by atoms with E-state index in [0.29, 0.717) is 10.8 Å². The highest BCUT2D eigenvalue weighted by Gasteiger charge is 2.16. The fourth-order valence-corrected chi connectivity index (χ4v) is 5.69. The molecular weight excluding hydrogens is 388 g/mol. The third kappa shape index (κ3) is 4.46. The fourth-order valence-electron chi connectivity index (χ4n) is 3.58. The molecule has 0 radical (unpaired) electrons. The summed E-state index contributed by atoms with van der Waals surface area (Å²) in [6, 6.07) is 20.7. The first-order chi connectivity index (χ1) is 13.6. The molecule has 0 unspecified atom stereocenters. The second-order valence-corrected chi connectivity index (χ2v) is 9.98. The summed E-state index contributed by atoms with van der Waals surface area (Å²) in [5, 5.41) is 1.77. The van der Waals surface area contributed by atoms with E-state index in [1.165, 1.54) is 33.7 Å².